The number of pyridine rings is 1. The van der Waals surface area contributed by atoms with Crippen molar-refractivity contribution in [3.05, 3.63) is 101 Å². The van der Waals surface area contributed by atoms with Crippen LogP contribution in [0.25, 0.3) is 10.9 Å². The number of nitrogens with zero attached hydrogens (tertiary/aromatic N) is 2. The molecule has 1 aromatic heterocycles. The van der Waals surface area contributed by atoms with Crippen LogP contribution in [-0.4, -0.2) is 39.8 Å². The van der Waals surface area contributed by atoms with Crippen LogP contribution in [0.3, 0.4) is 0 Å². The normalized spacial score (nSPS) is 13.7. The Morgan fingerprint density at radius 1 is 1.03 bits per heavy atom. The zero-order valence-corrected chi connectivity index (χ0v) is 21.2. The molecule has 0 aliphatic carbocycles. The van der Waals surface area contributed by atoms with Gasteiger partial charge in [0, 0.05) is 47.1 Å². The number of carbonyl (C=O) groups excluding carboxylic acids is 1. The average Bonchev–Trinajstić information content (AvgIpc) is 3.44. The number of aromatic hydroxyl groups is 1. The standard InChI is InChI=1S/C29H29N5O2.ClH/c30-28(31)20-9-11-27(35)23(17-20)26(16-19-6-2-1-3-7-19)33-24-12-13-32-25-18-21(8-10-22(24)25)29(36)34-14-4-5-15-34;/h1-3,6-13,17-18,26,35H,4-5,14-16H2,(H3,30,31)(H,32,33);1H. The molecule has 1 saturated heterocycles. The van der Waals surface area contributed by atoms with Gasteiger partial charge in [-0.3, -0.25) is 15.2 Å². The summed E-state index contributed by atoms with van der Waals surface area (Å²) in [5.41, 5.74) is 10.2. The third kappa shape index (κ3) is 5.67. The molecule has 5 rings (SSSR count). The highest BCUT2D eigenvalue weighted by Crippen LogP contribution is 2.33. The van der Waals surface area contributed by atoms with Gasteiger partial charge in [0.15, 0.2) is 0 Å². The number of amides is 1. The lowest BCUT2D eigenvalue weighted by atomic mass is 9.95. The lowest BCUT2D eigenvalue weighted by Crippen LogP contribution is -2.27. The van der Waals surface area contributed by atoms with Crippen molar-refractivity contribution in [3.63, 3.8) is 0 Å². The number of hydrogen-bond donors (Lipinski definition) is 4. The summed E-state index contributed by atoms with van der Waals surface area (Å²) in [6.45, 7) is 1.60. The fourth-order valence-corrected chi connectivity index (χ4v) is 4.79. The quantitative estimate of drug-likeness (QED) is 0.197. The smallest absolute Gasteiger partial charge is 0.253 e. The summed E-state index contributed by atoms with van der Waals surface area (Å²) in [6.07, 6.45) is 4.42. The van der Waals surface area contributed by atoms with Crippen LogP contribution in [0.15, 0.2) is 79.0 Å². The largest absolute Gasteiger partial charge is 0.508 e. The highest BCUT2D eigenvalue weighted by molar-refractivity contribution is 6.00. The zero-order chi connectivity index (χ0) is 25.1. The van der Waals surface area contributed by atoms with Gasteiger partial charge in [0.25, 0.3) is 5.91 Å². The van der Waals surface area contributed by atoms with Gasteiger partial charge in [-0.2, -0.15) is 0 Å². The second kappa shape index (κ2) is 11.3. The Kier molecular flexibility index (Phi) is 7.94. The number of carbonyl (C=O) groups is 1. The molecule has 1 amide bonds. The minimum absolute atomic E-state index is 0. The first-order valence-electron chi connectivity index (χ1n) is 12.2. The van der Waals surface area contributed by atoms with E-state index in [0.29, 0.717) is 23.1 Å². The maximum atomic E-state index is 12.9. The number of phenols is 1. The Labute approximate surface area is 222 Å². The van der Waals surface area contributed by atoms with Gasteiger partial charge in [-0.1, -0.05) is 30.3 Å². The number of halogens is 1. The van der Waals surface area contributed by atoms with Gasteiger partial charge < -0.3 is 21.1 Å². The number of fused-ring (bicyclic) bond motifs is 1. The van der Waals surface area contributed by atoms with E-state index in [9.17, 15) is 9.90 Å². The molecule has 5 N–H and O–H groups in total. The second-order valence-corrected chi connectivity index (χ2v) is 9.16. The van der Waals surface area contributed by atoms with E-state index in [2.05, 4.69) is 10.3 Å². The topological polar surface area (TPSA) is 115 Å². The molecule has 4 aromatic rings. The molecule has 0 bridgehead atoms. The number of phenolic OH excluding ortho intramolecular Hbond substituents is 1. The number of nitrogens with two attached hydrogens (primary N) is 1. The van der Waals surface area contributed by atoms with Crippen LogP contribution in [-0.2, 0) is 6.42 Å². The molecule has 0 saturated carbocycles. The molecular weight excluding hydrogens is 486 g/mol. The van der Waals surface area contributed by atoms with Crippen LogP contribution >= 0.6 is 12.4 Å². The summed E-state index contributed by atoms with van der Waals surface area (Å²) < 4.78 is 0. The summed E-state index contributed by atoms with van der Waals surface area (Å²) in [5.74, 6) is 0.118. The lowest BCUT2D eigenvalue weighted by molar-refractivity contribution is 0.0793. The maximum absolute atomic E-state index is 12.9. The van der Waals surface area contributed by atoms with E-state index >= 15 is 0 Å². The Hall–Kier alpha value is -4.10. The summed E-state index contributed by atoms with van der Waals surface area (Å²) in [4.78, 5) is 19.3. The van der Waals surface area contributed by atoms with Gasteiger partial charge in [-0.15, -0.1) is 12.4 Å². The van der Waals surface area contributed by atoms with E-state index in [4.69, 9.17) is 11.1 Å². The number of benzene rings is 3. The number of hydrogen-bond acceptors (Lipinski definition) is 5. The van der Waals surface area contributed by atoms with Gasteiger partial charge in [-0.25, -0.2) is 0 Å². The van der Waals surface area contributed by atoms with E-state index in [-0.39, 0.29) is 35.9 Å². The third-order valence-electron chi connectivity index (χ3n) is 6.71. The van der Waals surface area contributed by atoms with Crippen LogP contribution in [0, 0.1) is 5.41 Å². The molecule has 7 nitrogen and oxygen atoms in total. The highest BCUT2D eigenvalue weighted by atomic mass is 35.5. The van der Waals surface area contributed by atoms with Crippen molar-refractivity contribution in [2.24, 2.45) is 5.73 Å². The molecule has 1 aliphatic heterocycles. The van der Waals surface area contributed by atoms with Crippen LogP contribution in [0.2, 0.25) is 0 Å². The minimum Gasteiger partial charge on any atom is -0.508 e. The van der Waals surface area contributed by atoms with Crippen molar-refractivity contribution >= 4 is 40.7 Å². The second-order valence-electron chi connectivity index (χ2n) is 9.16. The van der Waals surface area contributed by atoms with Crippen LogP contribution in [0.1, 0.15) is 45.9 Å². The van der Waals surface area contributed by atoms with Gasteiger partial charge >= 0.3 is 0 Å². The average molecular weight is 516 g/mol. The Bertz CT molecular complexity index is 1420. The highest BCUT2D eigenvalue weighted by Gasteiger charge is 2.21. The number of nitrogen functional groups attached to an aromatic ring is 1. The van der Waals surface area contributed by atoms with Gasteiger partial charge in [-0.05, 0) is 67.3 Å². The SMILES string of the molecule is Cl.N=C(N)c1ccc(O)c(C(Cc2ccccc2)Nc2ccnc3cc(C(=O)N4CCCC4)ccc23)c1. The Morgan fingerprint density at radius 3 is 2.49 bits per heavy atom. The van der Waals surface area contributed by atoms with Crippen molar-refractivity contribution in [2.75, 3.05) is 18.4 Å². The first-order chi connectivity index (χ1) is 17.5. The van der Waals surface area contributed by atoms with E-state index in [0.717, 1.165) is 48.1 Å². The van der Waals surface area contributed by atoms with E-state index in [1.807, 2.05) is 59.5 Å². The molecule has 37 heavy (non-hydrogen) atoms. The molecule has 2 heterocycles. The van der Waals surface area contributed by atoms with Crippen LogP contribution in [0.4, 0.5) is 5.69 Å². The third-order valence-corrected chi connectivity index (χ3v) is 6.71. The molecule has 3 aromatic carbocycles. The molecule has 1 atom stereocenters. The summed E-state index contributed by atoms with van der Waals surface area (Å²) in [6, 6.07) is 22.2. The zero-order valence-electron chi connectivity index (χ0n) is 20.4. The monoisotopic (exact) mass is 515 g/mol. The van der Waals surface area contributed by atoms with E-state index in [1.165, 1.54) is 0 Å². The molecule has 1 fully saturated rings. The van der Waals surface area contributed by atoms with Gasteiger partial charge in [0.2, 0.25) is 0 Å². The predicted octanol–water partition coefficient (Wildman–Crippen LogP) is 5.28. The summed E-state index contributed by atoms with van der Waals surface area (Å²) in [7, 11) is 0. The molecular formula is C29H30ClN5O2. The summed E-state index contributed by atoms with van der Waals surface area (Å²) in [5, 5.41) is 23.1. The Morgan fingerprint density at radius 2 is 1.76 bits per heavy atom. The predicted molar refractivity (Wildman–Crippen MR) is 150 cm³/mol. The lowest BCUT2D eigenvalue weighted by Gasteiger charge is -2.23. The van der Waals surface area contributed by atoms with Crippen LogP contribution in [0.5, 0.6) is 5.75 Å². The van der Waals surface area contributed by atoms with Gasteiger partial charge in [0.1, 0.15) is 11.6 Å². The molecule has 0 spiro atoms. The van der Waals surface area contributed by atoms with E-state index < -0.39 is 0 Å². The van der Waals surface area contributed by atoms with Crippen molar-refractivity contribution < 1.29 is 9.90 Å². The number of amidine groups is 1. The minimum atomic E-state index is -0.303. The molecule has 0 radical (unpaired) electrons. The van der Waals surface area contributed by atoms with Gasteiger partial charge in [0.05, 0.1) is 11.6 Å². The maximum Gasteiger partial charge on any atom is 0.253 e. The summed E-state index contributed by atoms with van der Waals surface area (Å²) >= 11 is 0. The van der Waals surface area contributed by atoms with Crippen molar-refractivity contribution in [2.45, 2.75) is 25.3 Å². The molecule has 190 valence electrons. The Balaban J connectivity index is 0.00000320. The van der Waals surface area contributed by atoms with E-state index in [1.54, 1.807) is 24.4 Å². The number of anilines is 1. The first-order valence-corrected chi connectivity index (χ1v) is 12.2. The van der Waals surface area contributed by atoms with Crippen LogP contribution < -0.4 is 11.1 Å². The molecule has 8 heteroatoms. The first kappa shape index (κ1) is 26.0. The molecule has 1 unspecified atom stereocenters. The van der Waals surface area contributed by atoms with Crippen molar-refractivity contribution in [1.82, 2.24) is 9.88 Å². The van der Waals surface area contributed by atoms with Crippen molar-refractivity contribution in [1.29, 1.82) is 5.41 Å². The number of aromatic nitrogens is 1. The van der Waals surface area contributed by atoms with Crippen molar-refractivity contribution in [3.8, 4) is 5.75 Å². The number of likely N-dealkylation sites (tertiary alicyclic amines) is 1. The fraction of sp³-hybridized carbons (Fsp3) is 0.207. The number of rotatable bonds is 7. The number of nitrogens with one attached hydrogen (secondary N) is 2. The molecule has 1 aliphatic rings. The fourth-order valence-electron chi connectivity index (χ4n) is 4.79.